The predicted octanol–water partition coefficient (Wildman–Crippen LogP) is 2.24. The Bertz CT molecular complexity index is 277. The van der Waals surface area contributed by atoms with E-state index < -0.39 is 0 Å². The Morgan fingerprint density at radius 2 is 2.36 bits per heavy atom. The smallest absolute Gasteiger partial charge is 0.143 e. The molecule has 0 aliphatic carbocycles. The van der Waals surface area contributed by atoms with Gasteiger partial charge in [0.2, 0.25) is 0 Å². The van der Waals surface area contributed by atoms with Crippen LogP contribution in [0, 0.1) is 0 Å². The average Bonchev–Trinajstić information content (AvgIpc) is 1.98. The molecule has 0 atom stereocenters. The average molecular weight is 234 g/mol. The van der Waals surface area contributed by atoms with Crippen molar-refractivity contribution < 1.29 is 4.79 Å². The van der Waals surface area contributed by atoms with Crippen molar-refractivity contribution >= 4 is 33.8 Å². The molecule has 2 nitrogen and oxygen atoms in total. The fraction of sp³-hybridized carbons (Fsp3) is 0.143. The van der Waals surface area contributed by atoms with Crippen molar-refractivity contribution in [3.63, 3.8) is 0 Å². The summed E-state index contributed by atoms with van der Waals surface area (Å²) in [6, 6.07) is 3.53. The molecule has 0 bridgehead atoms. The van der Waals surface area contributed by atoms with Crippen molar-refractivity contribution in [1.82, 2.24) is 4.98 Å². The molecule has 0 aromatic carbocycles. The van der Waals surface area contributed by atoms with Crippen molar-refractivity contribution in [1.29, 1.82) is 0 Å². The van der Waals surface area contributed by atoms with E-state index in [0.717, 1.165) is 10.8 Å². The number of halogens is 2. The van der Waals surface area contributed by atoms with E-state index >= 15 is 0 Å². The topological polar surface area (TPSA) is 30.0 Å². The molecule has 0 saturated heterocycles. The van der Waals surface area contributed by atoms with E-state index in [2.05, 4.69) is 20.9 Å². The third kappa shape index (κ3) is 2.27. The highest BCUT2D eigenvalue weighted by molar-refractivity contribution is 9.10. The van der Waals surface area contributed by atoms with Crippen LogP contribution < -0.4 is 0 Å². The van der Waals surface area contributed by atoms with Crippen LogP contribution in [0.5, 0.6) is 0 Å². The molecular formula is C7H5BrClNO. The molecule has 0 spiro atoms. The minimum atomic E-state index is 0.312. The molecule has 1 rings (SSSR count). The largest absolute Gasteiger partial charge is 0.303 e. The molecule has 58 valence electrons. The van der Waals surface area contributed by atoms with Gasteiger partial charge in [-0.25, -0.2) is 4.98 Å². The minimum absolute atomic E-state index is 0.312. The van der Waals surface area contributed by atoms with E-state index in [9.17, 15) is 4.79 Å². The molecule has 0 N–H and O–H groups in total. The summed E-state index contributed by atoms with van der Waals surface area (Å²) < 4.78 is 0.744. The summed E-state index contributed by atoms with van der Waals surface area (Å²) in [5, 5.41) is 0.393. The first-order valence-corrected chi connectivity index (χ1v) is 4.15. The quantitative estimate of drug-likeness (QED) is 0.580. The fourth-order valence-corrected chi connectivity index (χ4v) is 1.05. The molecule has 0 fully saturated rings. The Balaban J connectivity index is 2.95. The van der Waals surface area contributed by atoms with E-state index in [0.29, 0.717) is 17.3 Å². The first kappa shape index (κ1) is 8.68. The highest BCUT2D eigenvalue weighted by Crippen LogP contribution is 2.19. The fourth-order valence-electron chi connectivity index (χ4n) is 0.654. The first-order valence-electron chi connectivity index (χ1n) is 2.98. The van der Waals surface area contributed by atoms with Crippen molar-refractivity contribution in [2.24, 2.45) is 0 Å². The molecule has 4 heteroatoms. The Morgan fingerprint density at radius 3 is 2.91 bits per heavy atom. The van der Waals surface area contributed by atoms with Gasteiger partial charge >= 0.3 is 0 Å². The third-order valence-corrected chi connectivity index (χ3v) is 2.31. The van der Waals surface area contributed by atoms with Crippen LogP contribution >= 0.6 is 27.5 Å². The molecule has 1 aromatic rings. The molecule has 0 radical (unpaired) electrons. The van der Waals surface area contributed by atoms with E-state index in [4.69, 9.17) is 11.6 Å². The van der Waals surface area contributed by atoms with Gasteiger partial charge in [-0.05, 0) is 28.1 Å². The van der Waals surface area contributed by atoms with Crippen molar-refractivity contribution in [2.75, 3.05) is 0 Å². The van der Waals surface area contributed by atoms with Crippen LogP contribution in [0.15, 0.2) is 16.6 Å². The number of pyridine rings is 1. The summed E-state index contributed by atoms with van der Waals surface area (Å²) >= 11 is 8.87. The number of hydrogen-bond acceptors (Lipinski definition) is 2. The number of aromatic nitrogens is 1. The minimum Gasteiger partial charge on any atom is -0.303 e. The zero-order chi connectivity index (χ0) is 8.27. The lowest BCUT2D eigenvalue weighted by atomic mass is 10.3. The van der Waals surface area contributed by atoms with E-state index in [1.165, 1.54) is 0 Å². The SMILES string of the molecule is O=CCc1ccc(Br)c(Cl)n1. The summed E-state index contributed by atoms with van der Waals surface area (Å²) in [5.41, 5.74) is 0.688. The van der Waals surface area contributed by atoms with Crippen LogP contribution in [0.1, 0.15) is 5.69 Å². The van der Waals surface area contributed by atoms with Gasteiger partial charge in [0.15, 0.2) is 0 Å². The first-order chi connectivity index (χ1) is 5.24. The Morgan fingerprint density at radius 1 is 1.64 bits per heavy atom. The maximum Gasteiger partial charge on any atom is 0.143 e. The number of hydrogen-bond donors (Lipinski definition) is 0. The van der Waals surface area contributed by atoms with E-state index in [-0.39, 0.29) is 0 Å². The van der Waals surface area contributed by atoms with E-state index in [1.807, 2.05) is 0 Å². The van der Waals surface area contributed by atoms with Gasteiger partial charge in [-0.1, -0.05) is 11.6 Å². The number of carbonyl (C=O) groups is 1. The van der Waals surface area contributed by atoms with Gasteiger partial charge in [0.05, 0.1) is 4.47 Å². The molecular weight excluding hydrogens is 229 g/mol. The standard InChI is InChI=1S/C7H5BrClNO/c8-6-2-1-5(3-4-11)10-7(6)9/h1-2,4H,3H2. The number of rotatable bonds is 2. The highest BCUT2D eigenvalue weighted by atomic mass is 79.9. The summed E-state index contributed by atoms with van der Waals surface area (Å²) in [7, 11) is 0. The zero-order valence-electron chi connectivity index (χ0n) is 5.55. The number of carbonyl (C=O) groups excluding carboxylic acids is 1. The van der Waals surface area contributed by atoms with Crippen molar-refractivity contribution in [3.05, 3.63) is 27.5 Å². The maximum atomic E-state index is 10.1. The van der Waals surface area contributed by atoms with Crippen molar-refractivity contribution in [3.8, 4) is 0 Å². The lowest BCUT2D eigenvalue weighted by Crippen LogP contribution is -1.90. The van der Waals surface area contributed by atoms with Crippen LogP contribution in [0.25, 0.3) is 0 Å². The normalized spacial score (nSPS) is 9.64. The maximum absolute atomic E-state index is 10.1. The molecule has 0 aliphatic rings. The summed E-state index contributed by atoms with van der Waals surface area (Å²) in [6.07, 6.45) is 1.11. The predicted molar refractivity (Wildman–Crippen MR) is 46.7 cm³/mol. The van der Waals surface area contributed by atoms with Crippen LogP contribution in [-0.2, 0) is 11.2 Å². The molecule has 1 heterocycles. The van der Waals surface area contributed by atoms with Crippen LogP contribution in [0.3, 0.4) is 0 Å². The Labute approximate surface area is 77.7 Å². The molecule has 11 heavy (non-hydrogen) atoms. The second-order valence-corrected chi connectivity index (χ2v) is 3.16. The molecule has 1 aromatic heterocycles. The Hall–Kier alpha value is -0.410. The van der Waals surface area contributed by atoms with E-state index in [1.54, 1.807) is 12.1 Å². The van der Waals surface area contributed by atoms with Gasteiger partial charge in [0.25, 0.3) is 0 Å². The third-order valence-electron chi connectivity index (χ3n) is 1.15. The van der Waals surface area contributed by atoms with Gasteiger partial charge in [-0.15, -0.1) is 0 Å². The van der Waals surface area contributed by atoms with Gasteiger partial charge in [0.1, 0.15) is 11.4 Å². The number of aldehydes is 1. The Kier molecular flexibility index (Phi) is 3.02. The monoisotopic (exact) mass is 233 g/mol. The molecule has 0 amide bonds. The van der Waals surface area contributed by atoms with Gasteiger partial charge < -0.3 is 4.79 Å². The summed E-state index contributed by atoms with van der Waals surface area (Å²) in [5.74, 6) is 0. The number of nitrogens with zero attached hydrogens (tertiary/aromatic N) is 1. The zero-order valence-corrected chi connectivity index (χ0v) is 7.89. The van der Waals surface area contributed by atoms with Crippen LogP contribution in [0.2, 0.25) is 5.15 Å². The molecule has 0 aliphatic heterocycles. The second-order valence-electron chi connectivity index (χ2n) is 1.95. The summed E-state index contributed by atoms with van der Waals surface area (Å²) in [6.45, 7) is 0. The van der Waals surface area contributed by atoms with Gasteiger partial charge in [0, 0.05) is 12.1 Å². The molecule has 0 unspecified atom stereocenters. The van der Waals surface area contributed by atoms with Crippen LogP contribution in [-0.4, -0.2) is 11.3 Å². The van der Waals surface area contributed by atoms with Crippen molar-refractivity contribution in [2.45, 2.75) is 6.42 Å². The second kappa shape index (κ2) is 3.83. The van der Waals surface area contributed by atoms with Gasteiger partial charge in [-0.3, -0.25) is 0 Å². The lowest BCUT2D eigenvalue weighted by molar-refractivity contribution is -0.107. The summed E-state index contributed by atoms with van der Waals surface area (Å²) in [4.78, 5) is 14.0. The van der Waals surface area contributed by atoms with Crippen LogP contribution in [0.4, 0.5) is 0 Å². The van der Waals surface area contributed by atoms with Gasteiger partial charge in [-0.2, -0.15) is 0 Å². The lowest BCUT2D eigenvalue weighted by Gasteiger charge is -1.96. The molecule has 0 saturated carbocycles. The highest BCUT2D eigenvalue weighted by Gasteiger charge is 1.99.